The van der Waals surface area contributed by atoms with E-state index < -0.39 is 0 Å². The van der Waals surface area contributed by atoms with Gasteiger partial charge in [0.05, 0.1) is 17.6 Å². The van der Waals surface area contributed by atoms with E-state index in [4.69, 9.17) is 5.73 Å². The van der Waals surface area contributed by atoms with E-state index in [0.717, 1.165) is 6.54 Å². The van der Waals surface area contributed by atoms with Crippen molar-refractivity contribution in [3.05, 3.63) is 42.0 Å². The van der Waals surface area contributed by atoms with Gasteiger partial charge in [0, 0.05) is 31.0 Å². The molecule has 94 valence electrons. The number of hydrogen-bond acceptors (Lipinski definition) is 4. The summed E-state index contributed by atoms with van der Waals surface area (Å²) in [6.45, 7) is 3.06. The molecule has 0 bridgehead atoms. The van der Waals surface area contributed by atoms with Gasteiger partial charge in [0.15, 0.2) is 0 Å². The van der Waals surface area contributed by atoms with Crippen molar-refractivity contribution in [1.82, 2.24) is 14.8 Å². The topological polar surface area (TPSA) is 85.8 Å². The maximum Gasteiger partial charge on any atom is 0.255 e. The van der Waals surface area contributed by atoms with Crippen LogP contribution in [-0.4, -0.2) is 20.7 Å². The third-order valence-corrected chi connectivity index (χ3v) is 2.50. The largest absolute Gasteiger partial charge is 0.325 e. The Morgan fingerprint density at radius 3 is 3.06 bits per heavy atom. The minimum absolute atomic E-state index is 0.192. The van der Waals surface area contributed by atoms with Gasteiger partial charge in [0.2, 0.25) is 0 Å². The number of carbonyl (C=O) groups is 1. The van der Waals surface area contributed by atoms with Crippen LogP contribution < -0.4 is 11.1 Å². The van der Waals surface area contributed by atoms with Gasteiger partial charge in [0.1, 0.15) is 0 Å². The van der Waals surface area contributed by atoms with Gasteiger partial charge in [-0.3, -0.25) is 14.5 Å². The molecule has 0 aliphatic carbocycles. The van der Waals surface area contributed by atoms with E-state index in [2.05, 4.69) is 15.4 Å². The molecular formula is C12H15N5O. The van der Waals surface area contributed by atoms with Gasteiger partial charge >= 0.3 is 0 Å². The molecule has 0 unspecified atom stereocenters. The monoisotopic (exact) mass is 245 g/mol. The second-order valence-corrected chi connectivity index (χ2v) is 3.78. The fraction of sp³-hybridized carbons (Fsp3) is 0.250. The Morgan fingerprint density at radius 2 is 2.39 bits per heavy atom. The third-order valence-electron chi connectivity index (χ3n) is 2.50. The summed E-state index contributed by atoms with van der Waals surface area (Å²) >= 11 is 0. The predicted octanol–water partition coefficient (Wildman–Crippen LogP) is 1.01. The molecule has 2 aromatic rings. The lowest BCUT2D eigenvalue weighted by atomic mass is 10.2. The minimum atomic E-state index is -0.192. The summed E-state index contributed by atoms with van der Waals surface area (Å²) in [7, 11) is 0. The summed E-state index contributed by atoms with van der Waals surface area (Å²) in [6, 6.07) is 3.33. The molecular weight excluding hydrogens is 230 g/mol. The minimum Gasteiger partial charge on any atom is -0.325 e. The molecule has 6 heteroatoms. The van der Waals surface area contributed by atoms with E-state index in [1.54, 1.807) is 35.4 Å². The van der Waals surface area contributed by atoms with E-state index in [1.807, 2.05) is 6.92 Å². The lowest BCUT2D eigenvalue weighted by Crippen LogP contribution is -2.12. The van der Waals surface area contributed by atoms with Crippen LogP contribution in [0.4, 0.5) is 5.69 Å². The first-order chi connectivity index (χ1) is 8.72. The smallest absolute Gasteiger partial charge is 0.255 e. The Labute approximate surface area is 105 Å². The van der Waals surface area contributed by atoms with E-state index in [1.165, 1.54) is 0 Å². The van der Waals surface area contributed by atoms with Crippen molar-refractivity contribution in [2.45, 2.75) is 20.0 Å². The van der Waals surface area contributed by atoms with Crippen LogP contribution in [0.1, 0.15) is 23.0 Å². The van der Waals surface area contributed by atoms with Crippen LogP contribution in [0.25, 0.3) is 0 Å². The van der Waals surface area contributed by atoms with Crippen molar-refractivity contribution in [1.29, 1.82) is 0 Å². The number of nitrogens with two attached hydrogens (primary N) is 1. The van der Waals surface area contributed by atoms with E-state index in [-0.39, 0.29) is 5.91 Å². The Bertz CT molecular complexity index is 549. The highest BCUT2D eigenvalue weighted by atomic mass is 16.1. The van der Waals surface area contributed by atoms with Gasteiger partial charge in [-0.25, -0.2) is 0 Å². The van der Waals surface area contributed by atoms with Crippen LogP contribution in [0.5, 0.6) is 0 Å². The summed E-state index contributed by atoms with van der Waals surface area (Å²) in [5.74, 6) is -0.192. The van der Waals surface area contributed by atoms with Gasteiger partial charge in [-0.05, 0) is 19.1 Å². The molecule has 0 atom stereocenters. The SMILES string of the molecule is CCn1cc(NC(=O)c2ccnc(CN)c2)cn1. The first kappa shape index (κ1) is 12.3. The molecule has 0 aliphatic heterocycles. The first-order valence-corrected chi connectivity index (χ1v) is 5.71. The van der Waals surface area contributed by atoms with E-state index >= 15 is 0 Å². The molecule has 2 heterocycles. The molecule has 18 heavy (non-hydrogen) atoms. The fourth-order valence-electron chi connectivity index (χ4n) is 1.54. The van der Waals surface area contributed by atoms with Crippen LogP contribution in [0.3, 0.4) is 0 Å². The summed E-state index contributed by atoms with van der Waals surface area (Å²) < 4.78 is 1.74. The molecule has 0 radical (unpaired) electrons. The fourth-order valence-corrected chi connectivity index (χ4v) is 1.54. The molecule has 3 N–H and O–H groups in total. The lowest BCUT2D eigenvalue weighted by Gasteiger charge is -2.03. The quantitative estimate of drug-likeness (QED) is 0.841. The number of nitrogens with zero attached hydrogens (tertiary/aromatic N) is 3. The molecule has 0 fully saturated rings. The van der Waals surface area contributed by atoms with Crippen molar-refractivity contribution < 1.29 is 4.79 Å². The number of nitrogens with one attached hydrogen (secondary N) is 1. The van der Waals surface area contributed by atoms with Crippen LogP contribution in [-0.2, 0) is 13.1 Å². The first-order valence-electron chi connectivity index (χ1n) is 5.71. The molecule has 0 aromatic carbocycles. The maximum absolute atomic E-state index is 12.0. The van der Waals surface area contributed by atoms with Crippen molar-refractivity contribution in [3.63, 3.8) is 0 Å². The normalized spacial score (nSPS) is 10.3. The zero-order valence-electron chi connectivity index (χ0n) is 10.1. The van der Waals surface area contributed by atoms with Crippen molar-refractivity contribution in [2.24, 2.45) is 5.73 Å². The summed E-state index contributed by atoms with van der Waals surface area (Å²) in [6.07, 6.45) is 4.97. The van der Waals surface area contributed by atoms with Gasteiger partial charge in [-0.1, -0.05) is 0 Å². The molecule has 1 amide bonds. The Balaban J connectivity index is 2.11. The summed E-state index contributed by atoms with van der Waals surface area (Å²) in [4.78, 5) is 16.0. The molecule has 0 spiro atoms. The highest BCUT2D eigenvalue weighted by molar-refractivity contribution is 6.04. The zero-order valence-corrected chi connectivity index (χ0v) is 10.1. The molecule has 6 nitrogen and oxygen atoms in total. The zero-order chi connectivity index (χ0) is 13.0. The van der Waals surface area contributed by atoms with Gasteiger partial charge in [0.25, 0.3) is 5.91 Å². The van der Waals surface area contributed by atoms with E-state index in [0.29, 0.717) is 23.5 Å². The number of aryl methyl sites for hydroxylation is 1. The van der Waals surface area contributed by atoms with Crippen LogP contribution in [0.15, 0.2) is 30.7 Å². The van der Waals surface area contributed by atoms with Crippen molar-refractivity contribution >= 4 is 11.6 Å². The molecule has 0 saturated heterocycles. The average Bonchev–Trinajstić information content (AvgIpc) is 2.86. The summed E-state index contributed by atoms with van der Waals surface area (Å²) in [5, 5.41) is 6.86. The second kappa shape index (κ2) is 5.42. The number of anilines is 1. The number of hydrogen-bond donors (Lipinski definition) is 2. The summed E-state index contributed by atoms with van der Waals surface area (Å²) in [5.41, 5.74) is 7.38. The Morgan fingerprint density at radius 1 is 1.56 bits per heavy atom. The van der Waals surface area contributed by atoms with Crippen LogP contribution >= 0.6 is 0 Å². The van der Waals surface area contributed by atoms with E-state index in [9.17, 15) is 4.79 Å². The second-order valence-electron chi connectivity index (χ2n) is 3.78. The number of pyridine rings is 1. The number of carbonyl (C=O) groups excluding carboxylic acids is 1. The third kappa shape index (κ3) is 2.72. The highest BCUT2D eigenvalue weighted by Gasteiger charge is 2.08. The molecule has 0 aliphatic rings. The highest BCUT2D eigenvalue weighted by Crippen LogP contribution is 2.08. The average molecular weight is 245 g/mol. The maximum atomic E-state index is 12.0. The Hall–Kier alpha value is -2.21. The Kier molecular flexibility index (Phi) is 3.69. The van der Waals surface area contributed by atoms with Gasteiger partial charge in [-0.15, -0.1) is 0 Å². The molecule has 2 rings (SSSR count). The van der Waals surface area contributed by atoms with Crippen LogP contribution in [0, 0.1) is 0 Å². The lowest BCUT2D eigenvalue weighted by molar-refractivity contribution is 0.102. The number of aromatic nitrogens is 3. The van der Waals surface area contributed by atoms with Crippen molar-refractivity contribution in [3.8, 4) is 0 Å². The number of amides is 1. The number of rotatable bonds is 4. The van der Waals surface area contributed by atoms with Crippen molar-refractivity contribution in [2.75, 3.05) is 5.32 Å². The van der Waals surface area contributed by atoms with Gasteiger partial charge < -0.3 is 11.1 Å². The molecule has 0 saturated carbocycles. The standard InChI is InChI=1S/C12H15N5O/c1-2-17-8-11(7-15-17)16-12(18)9-3-4-14-10(5-9)6-13/h3-5,7-8H,2,6,13H2,1H3,(H,16,18). The van der Waals surface area contributed by atoms with Crippen LogP contribution in [0.2, 0.25) is 0 Å². The molecule has 2 aromatic heterocycles. The van der Waals surface area contributed by atoms with Gasteiger partial charge in [-0.2, -0.15) is 5.10 Å². The predicted molar refractivity (Wildman–Crippen MR) is 68.0 cm³/mol.